The lowest BCUT2D eigenvalue weighted by atomic mass is 10.3. The predicted octanol–water partition coefficient (Wildman–Crippen LogP) is 3.97. The second-order valence-corrected chi connectivity index (χ2v) is 8.56. The van der Waals surface area contributed by atoms with Crippen LogP contribution in [0.25, 0.3) is 0 Å². The van der Waals surface area contributed by atoms with E-state index in [9.17, 15) is 13.2 Å². The molecular formula is C15H12Cl2INO4S. The number of hydrogen-bond acceptors (Lipinski definition) is 4. The fourth-order valence-electron chi connectivity index (χ4n) is 1.87. The summed E-state index contributed by atoms with van der Waals surface area (Å²) in [5, 5.41) is 0.350. The van der Waals surface area contributed by atoms with Crippen LogP contribution < -0.4 is 4.31 Å². The molecule has 24 heavy (non-hydrogen) atoms. The van der Waals surface area contributed by atoms with Crippen LogP contribution in [0.5, 0.6) is 0 Å². The van der Waals surface area contributed by atoms with Gasteiger partial charge in [-0.25, -0.2) is 8.42 Å². The van der Waals surface area contributed by atoms with Gasteiger partial charge in [0.1, 0.15) is 6.54 Å². The number of anilines is 1. The molecule has 0 aliphatic rings. The third-order valence-electron chi connectivity index (χ3n) is 3.09. The van der Waals surface area contributed by atoms with E-state index in [1.807, 2.05) is 0 Å². The number of esters is 1. The Labute approximate surface area is 163 Å². The second-order valence-electron chi connectivity index (χ2n) is 4.64. The average Bonchev–Trinajstić information content (AvgIpc) is 2.55. The molecule has 9 heteroatoms. The third-order valence-corrected chi connectivity index (χ3v) is 6.32. The molecule has 0 bridgehead atoms. The summed E-state index contributed by atoms with van der Waals surface area (Å²) in [7, 11) is -2.83. The molecule has 0 aliphatic carbocycles. The van der Waals surface area contributed by atoms with Crippen LogP contribution in [-0.4, -0.2) is 28.0 Å². The van der Waals surface area contributed by atoms with Gasteiger partial charge in [0.15, 0.2) is 0 Å². The Bertz CT molecular complexity index is 856. The Hall–Kier alpha value is -1.03. The highest BCUT2D eigenvalue weighted by atomic mass is 127. The first-order valence-electron chi connectivity index (χ1n) is 6.56. The molecule has 0 atom stereocenters. The van der Waals surface area contributed by atoms with Gasteiger partial charge in [0.2, 0.25) is 0 Å². The molecule has 0 radical (unpaired) electrons. The van der Waals surface area contributed by atoms with Crippen molar-refractivity contribution in [1.82, 2.24) is 0 Å². The minimum absolute atomic E-state index is 0.0700. The van der Waals surface area contributed by atoms with Gasteiger partial charge >= 0.3 is 5.97 Å². The minimum Gasteiger partial charge on any atom is -0.468 e. The van der Waals surface area contributed by atoms with Gasteiger partial charge in [-0.2, -0.15) is 0 Å². The Morgan fingerprint density at radius 3 is 2.29 bits per heavy atom. The first-order valence-corrected chi connectivity index (χ1v) is 9.83. The number of methoxy groups -OCH3 is 1. The molecule has 0 aromatic heterocycles. The van der Waals surface area contributed by atoms with E-state index in [1.54, 1.807) is 24.3 Å². The van der Waals surface area contributed by atoms with Gasteiger partial charge in [0.05, 0.1) is 27.7 Å². The van der Waals surface area contributed by atoms with Crippen LogP contribution >= 0.6 is 45.8 Å². The molecule has 128 valence electrons. The van der Waals surface area contributed by atoms with E-state index >= 15 is 0 Å². The Kier molecular flexibility index (Phi) is 6.35. The molecule has 0 aliphatic heterocycles. The molecule has 2 aromatic carbocycles. The van der Waals surface area contributed by atoms with Crippen LogP contribution in [0.4, 0.5) is 5.69 Å². The lowest BCUT2D eigenvalue weighted by molar-refractivity contribution is -0.138. The van der Waals surface area contributed by atoms with Gasteiger partial charge in [0, 0.05) is 3.57 Å². The molecule has 0 saturated heterocycles. The highest BCUT2D eigenvalue weighted by molar-refractivity contribution is 14.1. The molecular weight excluding hydrogens is 488 g/mol. The van der Waals surface area contributed by atoms with E-state index in [0.717, 1.165) is 7.88 Å². The van der Waals surface area contributed by atoms with Crippen LogP contribution in [0.3, 0.4) is 0 Å². The van der Waals surface area contributed by atoms with Crippen molar-refractivity contribution in [2.45, 2.75) is 4.90 Å². The van der Waals surface area contributed by atoms with E-state index in [2.05, 4.69) is 27.3 Å². The molecule has 2 aromatic rings. The van der Waals surface area contributed by atoms with Crippen LogP contribution in [0.1, 0.15) is 0 Å². The number of ether oxygens (including phenoxy) is 1. The molecule has 0 unspecified atom stereocenters. The average molecular weight is 500 g/mol. The molecule has 0 fully saturated rings. The fraction of sp³-hybridized carbons (Fsp3) is 0.133. The van der Waals surface area contributed by atoms with Crippen molar-refractivity contribution < 1.29 is 17.9 Å². The Morgan fingerprint density at radius 1 is 1.12 bits per heavy atom. The molecule has 0 amide bonds. The summed E-state index contributed by atoms with van der Waals surface area (Å²) in [5.74, 6) is -0.683. The number of carbonyl (C=O) groups is 1. The Balaban J connectivity index is 2.53. The van der Waals surface area contributed by atoms with Gasteiger partial charge in [-0.1, -0.05) is 23.2 Å². The van der Waals surface area contributed by atoms with Crippen molar-refractivity contribution in [2.75, 3.05) is 18.0 Å². The summed E-state index contributed by atoms with van der Waals surface area (Å²) in [6.07, 6.45) is 0. The summed E-state index contributed by atoms with van der Waals surface area (Å²) in [4.78, 5) is 11.6. The Morgan fingerprint density at radius 2 is 1.75 bits per heavy atom. The number of benzene rings is 2. The van der Waals surface area contributed by atoms with E-state index in [0.29, 0.717) is 5.69 Å². The lowest BCUT2D eigenvalue weighted by Gasteiger charge is -2.23. The van der Waals surface area contributed by atoms with Gasteiger partial charge in [-0.05, 0) is 65.1 Å². The third kappa shape index (κ3) is 4.33. The van der Waals surface area contributed by atoms with Crippen LogP contribution in [-0.2, 0) is 19.6 Å². The monoisotopic (exact) mass is 499 g/mol. The van der Waals surface area contributed by atoms with Gasteiger partial charge in [-0.3, -0.25) is 9.10 Å². The summed E-state index contributed by atoms with van der Waals surface area (Å²) in [6.45, 7) is -0.459. The number of rotatable bonds is 5. The maximum atomic E-state index is 12.9. The predicted molar refractivity (Wildman–Crippen MR) is 102 cm³/mol. The summed E-state index contributed by atoms with van der Waals surface area (Å²) in [5.41, 5.74) is 0.340. The quantitative estimate of drug-likeness (QED) is 0.461. The van der Waals surface area contributed by atoms with E-state index < -0.39 is 22.5 Å². The zero-order valence-electron chi connectivity index (χ0n) is 12.4. The van der Waals surface area contributed by atoms with Crippen LogP contribution in [0.15, 0.2) is 47.4 Å². The zero-order chi connectivity index (χ0) is 17.9. The second kappa shape index (κ2) is 7.90. The lowest BCUT2D eigenvalue weighted by Crippen LogP contribution is -2.36. The SMILES string of the molecule is COC(=O)CN(c1ccc(I)cc1)S(=O)(=O)c1ccc(Cl)c(Cl)c1. The molecule has 0 N–H and O–H groups in total. The van der Waals surface area contributed by atoms with Gasteiger partial charge in [0.25, 0.3) is 10.0 Å². The maximum Gasteiger partial charge on any atom is 0.326 e. The smallest absolute Gasteiger partial charge is 0.326 e. The van der Waals surface area contributed by atoms with E-state index in [-0.39, 0.29) is 14.9 Å². The summed E-state index contributed by atoms with van der Waals surface area (Å²) >= 11 is 13.9. The van der Waals surface area contributed by atoms with Crippen molar-refractivity contribution in [3.05, 3.63) is 56.1 Å². The van der Waals surface area contributed by atoms with Crippen LogP contribution in [0.2, 0.25) is 10.0 Å². The number of carbonyl (C=O) groups excluding carboxylic acids is 1. The fourth-order valence-corrected chi connectivity index (χ4v) is 4.03. The first-order chi connectivity index (χ1) is 11.3. The highest BCUT2D eigenvalue weighted by Gasteiger charge is 2.28. The zero-order valence-corrected chi connectivity index (χ0v) is 16.9. The topological polar surface area (TPSA) is 63.7 Å². The molecule has 0 spiro atoms. The molecule has 2 rings (SSSR count). The van der Waals surface area contributed by atoms with Crippen molar-refractivity contribution >= 4 is 67.5 Å². The minimum atomic E-state index is -4.02. The van der Waals surface area contributed by atoms with E-state index in [4.69, 9.17) is 23.2 Å². The first kappa shape index (κ1) is 19.3. The van der Waals surface area contributed by atoms with Gasteiger partial charge < -0.3 is 4.74 Å². The maximum absolute atomic E-state index is 12.9. The summed E-state index contributed by atoms with van der Waals surface area (Å²) in [6, 6.07) is 10.7. The normalized spacial score (nSPS) is 11.2. The van der Waals surface area contributed by atoms with Crippen LogP contribution in [0, 0.1) is 3.57 Å². The number of sulfonamides is 1. The van der Waals surface area contributed by atoms with Crippen molar-refractivity contribution in [3.63, 3.8) is 0 Å². The van der Waals surface area contributed by atoms with Gasteiger partial charge in [-0.15, -0.1) is 0 Å². The number of halogens is 3. The highest BCUT2D eigenvalue weighted by Crippen LogP contribution is 2.29. The molecule has 5 nitrogen and oxygen atoms in total. The van der Waals surface area contributed by atoms with Crippen molar-refractivity contribution in [1.29, 1.82) is 0 Å². The summed E-state index contributed by atoms with van der Waals surface area (Å²) < 4.78 is 32.4. The van der Waals surface area contributed by atoms with Crippen molar-refractivity contribution in [2.24, 2.45) is 0 Å². The standard InChI is InChI=1S/C15H12Cl2INO4S/c1-23-15(20)9-19(11-4-2-10(18)3-5-11)24(21,22)12-6-7-13(16)14(17)8-12/h2-8H,9H2,1H3. The number of hydrogen-bond donors (Lipinski definition) is 0. The number of nitrogens with zero attached hydrogens (tertiary/aromatic N) is 1. The molecule has 0 heterocycles. The van der Waals surface area contributed by atoms with E-state index in [1.165, 1.54) is 25.3 Å². The largest absolute Gasteiger partial charge is 0.468 e. The van der Waals surface area contributed by atoms with Crippen molar-refractivity contribution in [3.8, 4) is 0 Å². The molecule has 0 saturated carbocycles.